The van der Waals surface area contributed by atoms with Crippen molar-refractivity contribution in [3.63, 3.8) is 0 Å². The molecule has 0 fully saturated rings. The van der Waals surface area contributed by atoms with Gasteiger partial charge in [-0.25, -0.2) is 0 Å². The molecule has 0 unspecified atom stereocenters. The molecule has 0 amide bonds. The molecule has 26 heavy (non-hydrogen) atoms. The van der Waals surface area contributed by atoms with Crippen LogP contribution in [0.4, 0.5) is 0 Å². The van der Waals surface area contributed by atoms with Crippen molar-refractivity contribution in [3.8, 4) is 0 Å². The van der Waals surface area contributed by atoms with Crippen molar-refractivity contribution in [1.29, 1.82) is 0 Å². The van der Waals surface area contributed by atoms with E-state index >= 15 is 0 Å². The maximum atomic E-state index is 10.0. The molecule has 0 spiro atoms. The number of rotatable bonds is 9. The lowest BCUT2D eigenvalue weighted by atomic mass is 9.80. The van der Waals surface area contributed by atoms with E-state index in [1.54, 1.807) is 12.1 Å². The van der Waals surface area contributed by atoms with Crippen LogP contribution in [0.15, 0.2) is 36.4 Å². The predicted molar refractivity (Wildman–Crippen MR) is 111 cm³/mol. The molecule has 2 N–H and O–H groups in total. The fourth-order valence-electron chi connectivity index (χ4n) is 3.30. The van der Waals surface area contributed by atoms with Crippen molar-refractivity contribution in [3.05, 3.63) is 67.6 Å². The first kappa shape index (κ1) is 21.8. The second-order valence-electron chi connectivity index (χ2n) is 6.53. The monoisotopic (exact) mass is 434 g/mol. The lowest BCUT2D eigenvalue weighted by molar-refractivity contribution is 0.158. The molecule has 2 nitrogen and oxygen atoms in total. The van der Waals surface area contributed by atoms with Crippen LogP contribution in [0.1, 0.15) is 24.0 Å². The predicted octanol–water partition coefficient (Wildman–Crippen LogP) is 6.08. The molecule has 0 heterocycles. The maximum absolute atomic E-state index is 10.0. The van der Waals surface area contributed by atoms with Crippen molar-refractivity contribution in [2.75, 3.05) is 13.2 Å². The first-order chi connectivity index (χ1) is 12.4. The molecule has 2 aromatic carbocycles. The largest absolute Gasteiger partial charge is 0.396 e. The second-order valence-corrected chi connectivity index (χ2v) is 8.28. The van der Waals surface area contributed by atoms with E-state index in [1.807, 2.05) is 24.3 Å². The third-order valence-corrected chi connectivity index (χ3v) is 5.35. The van der Waals surface area contributed by atoms with E-state index in [1.165, 1.54) is 0 Å². The third-order valence-electron chi connectivity index (χ3n) is 4.47. The average Bonchev–Trinajstić information content (AvgIpc) is 2.55. The lowest BCUT2D eigenvalue weighted by Crippen LogP contribution is -2.23. The summed E-state index contributed by atoms with van der Waals surface area (Å²) >= 11 is 24.4. The topological polar surface area (TPSA) is 40.5 Å². The van der Waals surface area contributed by atoms with Gasteiger partial charge in [0.1, 0.15) is 0 Å². The van der Waals surface area contributed by atoms with Gasteiger partial charge in [-0.3, -0.25) is 0 Å². The molecule has 0 radical (unpaired) electrons. The second kappa shape index (κ2) is 10.8. The molecule has 0 saturated heterocycles. The smallest absolute Gasteiger partial charge is 0.0465 e. The van der Waals surface area contributed by atoms with Crippen LogP contribution >= 0.6 is 46.4 Å². The van der Waals surface area contributed by atoms with Crippen molar-refractivity contribution in [2.45, 2.75) is 25.7 Å². The summed E-state index contributed by atoms with van der Waals surface area (Å²) < 4.78 is 0. The van der Waals surface area contributed by atoms with Gasteiger partial charge >= 0.3 is 0 Å². The molecule has 6 heteroatoms. The zero-order valence-corrected chi connectivity index (χ0v) is 17.3. The van der Waals surface area contributed by atoms with Gasteiger partial charge in [0.25, 0.3) is 0 Å². The van der Waals surface area contributed by atoms with Crippen molar-refractivity contribution >= 4 is 46.4 Å². The minimum absolute atomic E-state index is 0.00819. The van der Waals surface area contributed by atoms with E-state index in [0.29, 0.717) is 32.9 Å². The molecule has 0 saturated carbocycles. The lowest BCUT2D eigenvalue weighted by Gasteiger charge is -2.26. The normalized spacial score (nSPS) is 13.6. The minimum atomic E-state index is 0.00819. The molecule has 0 bridgehead atoms. The van der Waals surface area contributed by atoms with Crippen LogP contribution in [-0.4, -0.2) is 23.4 Å². The van der Waals surface area contributed by atoms with Crippen molar-refractivity contribution in [2.24, 2.45) is 11.8 Å². The van der Waals surface area contributed by atoms with Gasteiger partial charge in [-0.15, -0.1) is 0 Å². The van der Waals surface area contributed by atoms with E-state index in [4.69, 9.17) is 46.4 Å². The Kier molecular flexibility index (Phi) is 9.02. The van der Waals surface area contributed by atoms with E-state index < -0.39 is 0 Å². The highest BCUT2D eigenvalue weighted by Gasteiger charge is 2.22. The van der Waals surface area contributed by atoms with Gasteiger partial charge in [0.05, 0.1) is 0 Å². The molecule has 2 aromatic rings. The number of aliphatic hydroxyl groups excluding tert-OH is 2. The quantitative estimate of drug-likeness (QED) is 0.500. The summed E-state index contributed by atoms with van der Waals surface area (Å²) in [5.41, 5.74) is 2.01. The third kappa shape index (κ3) is 6.92. The Morgan fingerprint density at radius 3 is 1.46 bits per heavy atom. The molecule has 0 aliphatic heterocycles. The number of hydrogen-bond donors (Lipinski definition) is 2. The SMILES string of the molecule is OCCC[C@@H](Cc1cc(Cl)cc(Cl)c1)[C@@H](CO)Cc1cc(Cl)cc(Cl)c1. The van der Waals surface area contributed by atoms with E-state index in [0.717, 1.165) is 24.0 Å². The summed E-state index contributed by atoms with van der Waals surface area (Å²) in [6.45, 7) is 0.155. The van der Waals surface area contributed by atoms with Crippen LogP contribution < -0.4 is 0 Å². The number of halogens is 4. The van der Waals surface area contributed by atoms with Gasteiger partial charge in [0.2, 0.25) is 0 Å². The Morgan fingerprint density at radius 2 is 1.08 bits per heavy atom. The van der Waals surface area contributed by atoms with Gasteiger partial charge in [0, 0.05) is 33.3 Å². The number of aliphatic hydroxyl groups is 2. The van der Waals surface area contributed by atoms with E-state index in [-0.39, 0.29) is 25.0 Å². The van der Waals surface area contributed by atoms with Crippen LogP contribution in [0.3, 0.4) is 0 Å². The maximum Gasteiger partial charge on any atom is 0.0465 e. The van der Waals surface area contributed by atoms with Gasteiger partial charge in [0.15, 0.2) is 0 Å². The van der Waals surface area contributed by atoms with E-state index in [9.17, 15) is 10.2 Å². The summed E-state index contributed by atoms with van der Waals surface area (Å²) in [6.07, 6.45) is 2.84. The number of benzene rings is 2. The average molecular weight is 436 g/mol. The first-order valence-corrected chi connectivity index (χ1v) is 10.0. The highest BCUT2D eigenvalue weighted by atomic mass is 35.5. The summed E-state index contributed by atoms with van der Waals surface area (Å²) in [6, 6.07) is 10.9. The van der Waals surface area contributed by atoms with Gasteiger partial charge in [-0.05, 0) is 85.0 Å². The van der Waals surface area contributed by atoms with Crippen LogP contribution in [0, 0.1) is 11.8 Å². The Hall–Kier alpha value is -0.480. The Labute approximate surface area is 174 Å². The van der Waals surface area contributed by atoms with Crippen LogP contribution in [0.2, 0.25) is 20.1 Å². The summed E-state index contributed by atoms with van der Waals surface area (Å²) in [5.74, 6) is 0.174. The highest BCUT2D eigenvalue weighted by molar-refractivity contribution is 6.35. The minimum Gasteiger partial charge on any atom is -0.396 e. The van der Waals surface area contributed by atoms with E-state index in [2.05, 4.69) is 0 Å². The Bertz CT molecular complexity index is 680. The Morgan fingerprint density at radius 1 is 0.654 bits per heavy atom. The zero-order valence-electron chi connectivity index (χ0n) is 14.3. The van der Waals surface area contributed by atoms with Gasteiger partial charge in [-0.2, -0.15) is 0 Å². The molecular weight excluding hydrogens is 414 g/mol. The molecule has 2 rings (SSSR count). The van der Waals surface area contributed by atoms with Crippen molar-refractivity contribution in [1.82, 2.24) is 0 Å². The first-order valence-electron chi connectivity index (χ1n) is 8.53. The summed E-state index contributed by atoms with van der Waals surface area (Å²) in [7, 11) is 0. The van der Waals surface area contributed by atoms with Crippen LogP contribution in [-0.2, 0) is 12.8 Å². The molecule has 0 aliphatic carbocycles. The Balaban J connectivity index is 2.20. The zero-order chi connectivity index (χ0) is 19.1. The van der Waals surface area contributed by atoms with Crippen LogP contribution in [0.5, 0.6) is 0 Å². The fourth-order valence-corrected chi connectivity index (χ4v) is 4.44. The number of hydrogen-bond acceptors (Lipinski definition) is 2. The molecule has 2 atom stereocenters. The van der Waals surface area contributed by atoms with Crippen molar-refractivity contribution < 1.29 is 10.2 Å². The van der Waals surface area contributed by atoms with Gasteiger partial charge < -0.3 is 10.2 Å². The molecule has 0 aliphatic rings. The highest BCUT2D eigenvalue weighted by Crippen LogP contribution is 2.30. The van der Waals surface area contributed by atoms with Gasteiger partial charge in [-0.1, -0.05) is 46.4 Å². The fraction of sp³-hybridized carbons (Fsp3) is 0.400. The summed E-state index contributed by atoms with van der Waals surface area (Å²) in [4.78, 5) is 0. The van der Waals surface area contributed by atoms with Crippen LogP contribution in [0.25, 0.3) is 0 Å². The standard InChI is InChI=1S/C20H22Cl4O2/c21-17-6-13(7-18(22)10-17)4-15(2-1-3-25)16(12-26)5-14-8-19(23)11-20(24)9-14/h6-11,15-16,25-26H,1-5,12H2/t15-,16+/m0/s1. The molecule has 0 aromatic heterocycles. The molecular formula is C20H22Cl4O2. The molecule has 142 valence electrons. The summed E-state index contributed by atoms with van der Waals surface area (Å²) in [5, 5.41) is 21.6.